The van der Waals surface area contributed by atoms with Crippen molar-refractivity contribution in [1.29, 1.82) is 0 Å². The lowest BCUT2D eigenvalue weighted by atomic mass is 9.99. The maximum atomic E-state index is 12.8. The van der Waals surface area contributed by atoms with Gasteiger partial charge < -0.3 is 20.1 Å². The van der Waals surface area contributed by atoms with Crippen LogP contribution in [0.1, 0.15) is 42.4 Å². The van der Waals surface area contributed by atoms with E-state index in [1.165, 1.54) is 24.4 Å². The van der Waals surface area contributed by atoms with E-state index in [-0.39, 0.29) is 22.7 Å². The second-order valence-corrected chi connectivity index (χ2v) is 11.0. The number of aryl methyl sites for hydroxylation is 1. The number of nitrogens with one attached hydrogen (secondary N) is 2. The summed E-state index contributed by atoms with van der Waals surface area (Å²) in [7, 11) is -3.80. The van der Waals surface area contributed by atoms with Gasteiger partial charge in [-0.15, -0.1) is 0 Å². The number of pyridine rings is 1. The van der Waals surface area contributed by atoms with Gasteiger partial charge in [0.15, 0.2) is 0 Å². The number of aliphatic hydroxyl groups is 1. The summed E-state index contributed by atoms with van der Waals surface area (Å²) in [6.07, 6.45) is 2.87. The van der Waals surface area contributed by atoms with Crippen molar-refractivity contribution in [2.24, 2.45) is 0 Å². The smallest absolute Gasteiger partial charge is 0.354 e. The number of aromatic nitrogens is 3. The van der Waals surface area contributed by atoms with Crippen molar-refractivity contribution in [1.82, 2.24) is 19.9 Å². The molecule has 0 fully saturated rings. The van der Waals surface area contributed by atoms with Crippen LogP contribution < -0.4 is 10.0 Å². The first-order valence-electron chi connectivity index (χ1n) is 11.7. The highest BCUT2D eigenvalue weighted by Gasteiger charge is 2.22. The molecular weight excluding hydrogens is 494 g/mol. The Labute approximate surface area is 215 Å². The van der Waals surface area contributed by atoms with Crippen molar-refractivity contribution in [3.63, 3.8) is 0 Å². The lowest BCUT2D eigenvalue weighted by Crippen LogP contribution is -2.42. The van der Waals surface area contributed by atoms with Crippen LogP contribution in [0.2, 0.25) is 0 Å². The van der Waals surface area contributed by atoms with Gasteiger partial charge in [0.25, 0.3) is 10.0 Å². The molecule has 0 bridgehead atoms. The molecule has 0 saturated heterocycles. The minimum atomic E-state index is -3.80. The lowest BCUT2D eigenvalue weighted by molar-refractivity contribution is 0.0690. The fourth-order valence-electron chi connectivity index (χ4n) is 3.91. The number of carbonyl (C=O) groups is 1. The Bertz CT molecular complexity index is 1500. The number of hydrogen-bond donors (Lipinski definition) is 4. The Balaban J connectivity index is 1.40. The molecule has 2 aromatic carbocycles. The minimum Gasteiger partial charge on any atom is -0.477 e. The molecule has 0 saturated carbocycles. The highest BCUT2D eigenvalue weighted by atomic mass is 32.2. The third kappa shape index (κ3) is 6.31. The maximum absolute atomic E-state index is 12.8. The Morgan fingerprint density at radius 1 is 1.08 bits per heavy atom. The lowest BCUT2D eigenvalue weighted by Gasteiger charge is -2.28. The number of rotatable bonds is 11. The molecule has 1 unspecified atom stereocenters. The number of nitrogens with zero attached hydrogens (tertiary/aromatic N) is 3. The quantitative estimate of drug-likeness (QED) is 0.234. The summed E-state index contributed by atoms with van der Waals surface area (Å²) in [6, 6.07) is 16.3. The van der Waals surface area contributed by atoms with Crippen LogP contribution in [0.25, 0.3) is 11.0 Å². The van der Waals surface area contributed by atoms with Gasteiger partial charge in [-0.1, -0.05) is 36.4 Å². The largest absolute Gasteiger partial charge is 0.477 e. The van der Waals surface area contributed by atoms with Crippen LogP contribution in [0.5, 0.6) is 0 Å². The topological polar surface area (TPSA) is 146 Å². The summed E-state index contributed by atoms with van der Waals surface area (Å²) < 4.78 is 30.1. The molecule has 0 aliphatic carbocycles. The fourth-order valence-corrected chi connectivity index (χ4v) is 5.02. The molecule has 4 N–H and O–H groups in total. The van der Waals surface area contributed by atoms with Gasteiger partial charge in [0.05, 0.1) is 40.2 Å². The van der Waals surface area contributed by atoms with Crippen molar-refractivity contribution >= 4 is 32.7 Å². The number of imidazole rings is 1. The van der Waals surface area contributed by atoms with Crippen LogP contribution >= 0.6 is 0 Å². The highest BCUT2D eigenvalue weighted by Crippen LogP contribution is 2.26. The fraction of sp³-hybridized carbons (Fsp3) is 0.269. The van der Waals surface area contributed by atoms with E-state index >= 15 is 0 Å². The Morgan fingerprint density at radius 3 is 2.51 bits per heavy atom. The molecule has 10 nitrogen and oxygen atoms in total. The number of sulfonamides is 1. The molecule has 11 heteroatoms. The van der Waals surface area contributed by atoms with Crippen molar-refractivity contribution in [3.8, 4) is 0 Å². The zero-order chi connectivity index (χ0) is 26.6. The highest BCUT2D eigenvalue weighted by molar-refractivity contribution is 7.92. The maximum Gasteiger partial charge on any atom is 0.354 e. The van der Waals surface area contributed by atoms with Gasteiger partial charge in [-0.05, 0) is 44.5 Å². The summed E-state index contributed by atoms with van der Waals surface area (Å²) >= 11 is 0. The van der Waals surface area contributed by atoms with E-state index in [0.29, 0.717) is 29.7 Å². The first-order chi connectivity index (χ1) is 17.6. The SMILES string of the molecule is CC(C)(CCn1cnc2cc(C(=O)O)ncc21)NCC(O)c1ccccc1NS(=O)(=O)c1ccccc1. The standard InChI is InChI=1S/C26H29N5O5S/c1-26(2,12-13-31-17-28-21-14-22(25(33)34)27-15-23(21)31)29-16-24(32)19-10-6-7-11-20(19)30-37(35,36)18-8-4-3-5-9-18/h3-11,14-15,17,24,29-30,32H,12-13,16H2,1-2H3,(H,33,34). The number of aliphatic hydroxyl groups excluding tert-OH is 1. The van der Waals surface area contributed by atoms with Crippen molar-refractivity contribution in [2.45, 2.75) is 43.4 Å². The van der Waals surface area contributed by atoms with E-state index in [0.717, 1.165) is 5.52 Å². The van der Waals surface area contributed by atoms with E-state index in [1.807, 2.05) is 18.4 Å². The molecule has 194 valence electrons. The normalized spacial score (nSPS) is 12.9. The number of hydrogen-bond acceptors (Lipinski definition) is 7. The van der Waals surface area contributed by atoms with Crippen molar-refractivity contribution in [2.75, 3.05) is 11.3 Å². The summed E-state index contributed by atoms with van der Waals surface area (Å²) in [4.78, 5) is 19.5. The first kappa shape index (κ1) is 26.3. The molecule has 0 aliphatic rings. The van der Waals surface area contributed by atoms with Gasteiger partial charge in [-0.2, -0.15) is 0 Å². The van der Waals surface area contributed by atoms with Gasteiger partial charge in [-0.25, -0.2) is 23.2 Å². The van der Waals surface area contributed by atoms with Gasteiger partial charge >= 0.3 is 5.97 Å². The van der Waals surface area contributed by atoms with Crippen LogP contribution in [0.4, 0.5) is 5.69 Å². The number of aromatic carboxylic acids is 1. The molecule has 1 atom stereocenters. The van der Waals surface area contributed by atoms with Crippen LogP contribution in [-0.4, -0.2) is 51.2 Å². The Morgan fingerprint density at radius 2 is 1.78 bits per heavy atom. The van der Waals surface area contributed by atoms with Gasteiger partial charge in [-0.3, -0.25) is 4.72 Å². The predicted octanol–water partition coefficient (Wildman–Crippen LogP) is 3.42. The molecular formula is C26H29N5O5S. The zero-order valence-corrected chi connectivity index (χ0v) is 21.3. The monoisotopic (exact) mass is 523 g/mol. The van der Waals surface area contributed by atoms with Crippen molar-refractivity contribution < 1.29 is 23.4 Å². The number of anilines is 1. The average molecular weight is 524 g/mol. The number of fused-ring (bicyclic) bond motifs is 1. The van der Waals surface area contributed by atoms with E-state index in [2.05, 4.69) is 20.0 Å². The van der Waals surface area contributed by atoms with Gasteiger partial charge in [0.2, 0.25) is 0 Å². The van der Waals surface area contributed by atoms with Crippen LogP contribution in [0.15, 0.2) is 78.1 Å². The molecule has 37 heavy (non-hydrogen) atoms. The third-order valence-electron chi connectivity index (χ3n) is 6.10. The predicted molar refractivity (Wildman–Crippen MR) is 140 cm³/mol. The second-order valence-electron chi connectivity index (χ2n) is 9.34. The molecule has 0 amide bonds. The Kier molecular flexibility index (Phi) is 7.58. The number of carboxylic acid groups (broad SMARTS) is 1. The molecule has 0 spiro atoms. The molecule has 4 aromatic rings. The van der Waals surface area contributed by atoms with E-state index in [4.69, 9.17) is 5.11 Å². The average Bonchev–Trinajstić information content (AvgIpc) is 3.29. The summed E-state index contributed by atoms with van der Waals surface area (Å²) in [5.41, 5.74) is 1.64. The minimum absolute atomic E-state index is 0.0555. The Hall–Kier alpha value is -3.80. The second kappa shape index (κ2) is 10.7. The number of benzene rings is 2. The molecule has 0 radical (unpaired) electrons. The number of para-hydroxylation sites is 1. The van der Waals surface area contributed by atoms with Crippen molar-refractivity contribution in [3.05, 3.63) is 84.4 Å². The first-order valence-corrected chi connectivity index (χ1v) is 13.2. The molecule has 4 rings (SSSR count). The van der Waals surface area contributed by atoms with Gasteiger partial charge in [0, 0.05) is 24.2 Å². The molecule has 2 aromatic heterocycles. The number of carboxylic acids is 1. The zero-order valence-electron chi connectivity index (χ0n) is 20.5. The van der Waals surface area contributed by atoms with E-state index in [9.17, 15) is 18.3 Å². The third-order valence-corrected chi connectivity index (χ3v) is 7.48. The summed E-state index contributed by atoms with van der Waals surface area (Å²) in [5.74, 6) is -1.10. The summed E-state index contributed by atoms with van der Waals surface area (Å²) in [5, 5.41) is 23.4. The molecule has 2 heterocycles. The molecule has 0 aliphatic heterocycles. The summed E-state index contributed by atoms with van der Waals surface area (Å²) in [6.45, 7) is 4.80. The van der Waals surface area contributed by atoms with Crippen LogP contribution in [0, 0.1) is 0 Å². The number of β-amino-alcohol motifs (C(OH)–C–C–N with tert-alkyl or cyclic N) is 1. The van der Waals surface area contributed by atoms with Crippen LogP contribution in [0.3, 0.4) is 0 Å². The van der Waals surface area contributed by atoms with Gasteiger partial charge in [0.1, 0.15) is 5.69 Å². The van der Waals surface area contributed by atoms with Crippen LogP contribution in [-0.2, 0) is 16.6 Å². The van der Waals surface area contributed by atoms with E-state index < -0.39 is 22.1 Å². The van der Waals surface area contributed by atoms with E-state index in [1.54, 1.807) is 48.8 Å².